The quantitative estimate of drug-likeness (QED) is 0.471. The molecule has 0 aromatic carbocycles. The third-order valence-electron chi connectivity index (χ3n) is 4.75. The Balaban J connectivity index is 1.67. The van der Waals surface area contributed by atoms with E-state index in [9.17, 15) is 19.2 Å². The molecule has 8 heteroatoms. The molecule has 1 aliphatic carbocycles. The lowest BCUT2D eigenvalue weighted by atomic mass is 9.90. The number of nitrogens with zero attached hydrogens (tertiary/aromatic N) is 1. The molecular weight excluding hydrogens is 352 g/mol. The fourth-order valence-electron chi connectivity index (χ4n) is 3.23. The molecule has 1 heterocycles. The van der Waals surface area contributed by atoms with E-state index in [0.29, 0.717) is 13.0 Å². The molecule has 2 amide bonds. The lowest BCUT2D eigenvalue weighted by Crippen LogP contribution is -2.38. The van der Waals surface area contributed by atoms with Gasteiger partial charge in [0.15, 0.2) is 0 Å². The van der Waals surface area contributed by atoms with E-state index in [4.69, 9.17) is 10.2 Å². The van der Waals surface area contributed by atoms with Crippen LogP contribution < -0.4 is 5.32 Å². The highest BCUT2D eigenvalue weighted by molar-refractivity contribution is 5.93. The van der Waals surface area contributed by atoms with Crippen LogP contribution in [0.15, 0.2) is 23.4 Å². The molecule has 1 fully saturated rings. The van der Waals surface area contributed by atoms with Crippen LogP contribution in [0.2, 0.25) is 0 Å². The Morgan fingerprint density at radius 1 is 1.04 bits per heavy atom. The van der Waals surface area contributed by atoms with E-state index >= 15 is 0 Å². The minimum Gasteiger partial charge on any atom is -0.481 e. The summed E-state index contributed by atoms with van der Waals surface area (Å²) in [6.45, 7) is 0.618. The van der Waals surface area contributed by atoms with Gasteiger partial charge in [0.1, 0.15) is 0 Å². The van der Waals surface area contributed by atoms with Crippen molar-refractivity contribution in [2.24, 2.45) is 0 Å². The minimum absolute atomic E-state index is 0.00678. The number of carboxylic acid groups (broad SMARTS) is 2. The van der Waals surface area contributed by atoms with Crippen molar-refractivity contribution in [3.05, 3.63) is 23.4 Å². The molecular formula is C19H26N2O6. The number of hydrogen-bond acceptors (Lipinski definition) is 4. The molecule has 1 aliphatic heterocycles. The van der Waals surface area contributed by atoms with E-state index in [1.54, 1.807) is 11.0 Å². The van der Waals surface area contributed by atoms with Gasteiger partial charge in [-0.25, -0.2) is 0 Å². The zero-order chi connectivity index (χ0) is 19.8. The molecule has 0 atom stereocenters. The van der Waals surface area contributed by atoms with Gasteiger partial charge in [0.2, 0.25) is 5.91 Å². The van der Waals surface area contributed by atoms with Crippen molar-refractivity contribution >= 4 is 23.8 Å². The second kappa shape index (κ2) is 9.89. The van der Waals surface area contributed by atoms with Gasteiger partial charge >= 0.3 is 11.9 Å². The van der Waals surface area contributed by atoms with Gasteiger partial charge in [-0.05, 0) is 43.8 Å². The van der Waals surface area contributed by atoms with Gasteiger partial charge in [-0.1, -0.05) is 6.42 Å². The average molecular weight is 378 g/mol. The van der Waals surface area contributed by atoms with Crippen LogP contribution in [0.3, 0.4) is 0 Å². The summed E-state index contributed by atoms with van der Waals surface area (Å²) in [4.78, 5) is 47.1. The SMILES string of the molecule is O=C(O)CC(CC(=O)O)NC(=O)CCCCCN1C(=O)C=CC1=C1CCC1. The summed E-state index contributed by atoms with van der Waals surface area (Å²) in [6.07, 6.45) is 8.25. The summed E-state index contributed by atoms with van der Waals surface area (Å²) in [7, 11) is 0. The van der Waals surface area contributed by atoms with Crippen molar-refractivity contribution < 1.29 is 29.4 Å². The summed E-state index contributed by atoms with van der Waals surface area (Å²) in [6, 6.07) is -0.905. The molecule has 148 valence electrons. The number of carbonyl (C=O) groups excluding carboxylic acids is 2. The van der Waals surface area contributed by atoms with E-state index in [0.717, 1.165) is 31.4 Å². The molecule has 0 aromatic heterocycles. The maximum atomic E-state index is 11.9. The van der Waals surface area contributed by atoms with Crippen LogP contribution in [0.4, 0.5) is 0 Å². The number of allylic oxidation sites excluding steroid dienone is 2. The highest BCUT2D eigenvalue weighted by atomic mass is 16.4. The summed E-state index contributed by atoms with van der Waals surface area (Å²) < 4.78 is 0. The van der Waals surface area contributed by atoms with Crippen molar-refractivity contribution in [1.82, 2.24) is 10.2 Å². The van der Waals surface area contributed by atoms with E-state index in [-0.39, 0.29) is 18.2 Å². The van der Waals surface area contributed by atoms with Gasteiger partial charge in [0.05, 0.1) is 12.8 Å². The first kappa shape index (κ1) is 20.7. The second-order valence-corrected chi connectivity index (χ2v) is 6.94. The highest BCUT2D eigenvalue weighted by Crippen LogP contribution is 2.33. The first-order valence-corrected chi connectivity index (χ1v) is 9.31. The summed E-state index contributed by atoms with van der Waals surface area (Å²) in [5, 5.41) is 20.0. The predicted octanol–water partition coefficient (Wildman–Crippen LogP) is 1.82. The summed E-state index contributed by atoms with van der Waals surface area (Å²) >= 11 is 0. The standard InChI is InChI=1S/C19H26N2O6/c22-16(20-14(11-18(24)25)12-19(26)27)7-2-1-3-10-21-15(8-9-17(21)23)13-5-4-6-13/h8-9,14H,1-7,10-12H2,(H,20,22)(H,24,25)(H,26,27). The first-order chi connectivity index (χ1) is 12.9. The van der Waals surface area contributed by atoms with E-state index in [2.05, 4.69) is 5.32 Å². The lowest BCUT2D eigenvalue weighted by molar-refractivity contribution is -0.140. The molecule has 0 radical (unpaired) electrons. The molecule has 0 aromatic rings. The van der Waals surface area contributed by atoms with Gasteiger partial charge in [0, 0.05) is 30.8 Å². The Labute approximate surface area is 157 Å². The number of amides is 2. The monoisotopic (exact) mass is 378 g/mol. The molecule has 0 saturated heterocycles. The fourth-order valence-corrected chi connectivity index (χ4v) is 3.23. The fraction of sp³-hybridized carbons (Fsp3) is 0.579. The molecule has 0 unspecified atom stereocenters. The lowest BCUT2D eigenvalue weighted by Gasteiger charge is -2.26. The highest BCUT2D eigenvalue weighted by Gasteiger charge is 2.25. The van der Waals surface area contributed by atoms with Crippen molar-refractivity contribution in [3.8, 4) is 0 Å². The molecule has 2 rings (SSSR count). The molecule has 8 nitrogen and oxygen atoms in total. The van der Waals surface area contributed by atoms with Crippen molar-refractivity contribution in [3.63, 3.8) is 0 Å². The number of carboxylic acids is 2. The summed E-state index contributed by atoms with van der Waals surface area (Å²) in [5.41, 5.74) is 2.37. The molecule has 0 spiro atoms. The number of rotatable bonds is 11. The van der Waals surface area contributed by atoms with Crippen LogP contribution in [-0.2, 0) is 19.2 Å². The summed E-state index contributed by atoms with van der Waals surface area (Å²) in [5.74, 6) is -2.64. The topological polar surface area (TPSA) is 124 Å². The number of unbranched alkanes of at least 4 members (excludes halogenated alkanes) is 2. The Kier molecular flexibility index (Phi) is 7.57. The van der Waals surface area contributed by atoms with Gasteiger partial charge in [0.25, 0.3) is 5.91 Å². The molecule has 27 heavy (non-hydrogen) atoms. The van der Waals surface area contributed by atoms with Gasteiger partial charge in [-0.15, -0.1) is 0 Å². The number of aliphatic carboxylic acids is 2. The van der Waals surface area contributed by atoms with Crippen LogP contribution >= 0.6 is 0 Å². The Morgan fingerprint density at radius 3 is 2.26 bits per heavy atom. The first-order valence-electron chi connectivity index (χ1n) is 9.31. The van der Waals surface area contributed by atoms with Crippen LogP contribution in [0.25, 0.3) is 0 Å². The smallest absolute Gasteiger partial charge is 0.305 e. The van der Waals surface area contributed by atoms with Crippen molar-refractivity contribution in [1.29, 1.82) is 0 Å². The third kappa shape index (κ3) is 6.54. The van der Waals surface area contributed by atoms with Gasteiger partial charge in [-0.2, -0.15) is 0 Å². The van der Waals surface area contributed by atoms with E-state index in [1.165, 1.54) is 12.0 Å². The predicted molar refractivity (Wildman–Crippen MR) is 96.6 cm³/mol. The Bertz CT molecular complexity index is 645. The van der Waals surface area contributed by atoms with E-state index < -0.39 is 30.8 Å². The number of nitrogens with one attached hydrogen (secondary N) is 1. The van der Waals surface area contributed by atoms with Gasteiger partial charge in [-0.3, -0.25) is 19.2 Å². The Morgan fingerprint density at radius 2 is 1.70 bits per heavy atom. The molecule has 3 N–H and O–H groups in total. The number of hydrogen-bond donors (Lipinski definition) is 3. The average Bonchev–Trinajstić information content (AvgIpc) is 2.85. The van der Waals surface area contributed by atoms with Crippen LogP contribution in [0.5, 0.6) is 0 Å². The molecule has 2 aliphatic rings. The van der Waals surface area contributed by atoms with Crippen molar-refractivity contribution in [2.75, 3.05) is 6.54 Å². The molecule has 1 saturated carbocycles. The Hall–Kier alpha value is -2.64. The second-order valence-electron chi connectivity index (χ2n) is 6.94. The molecule has 0 bridgehead atoms. The van der Waals surface area contributed by atoms with E-state index in [1.807, 2.05) is 6.08 Å². The van der Waals surface area contributed by atoms with Crippen LogP contribution in [0, 0.1) is 0 Å². The van der Waals surface area contributed by atoms with Crippen LogP contribution in [0.1, 0.15) is 57.8 Å². The largest absolute Gasteiger partial charge is 0.481 e. The normalized spacial score (nSPS) is 16.0. The minimum atomic E-state index is -1.15. The van der Waals surface area contributed by atoms with Gasteiger partial charge < -0.3 is 20.4 Å². The zero-order valence-electron chi connectivity index (χ0n) is 15.3. The maximum Gasteiger partial charge on any atom is 0.305 e. The van der Waals surface area contributed by atoms with Crippen LogP contribution in [-0.4, -0.2) is 51.5 Å². The van der Waals surface area contributed by atoms with Crippen molar-refractivity contribution in [2.45, 2.75) is 63.8 Å². The number of carbonyl (C=O) groups is 4. The zero-order valence-corrected chi connectivity index (χ0v) is 15.3. The third-order valence-corrected chi connectivity index (χ3v) is 4.75. The maximum absolute atomic E-state index is 11.9.